The summed E-state index contributed by atoms with van der Waals surface area (Å²) in [7, 11) is 5.52. The molecule has 0 bridgehead atoms. The van der Waals surface area contributed by atoms with Gasteiger partial charge in [0.15, 0.2) is 11.4 Å². The second-order valence-electron chi connectivity index (χ2n) is 13.3. The van der Waals surface area contributed by atoms with Gasteiger partial charge in [-0.15, -0.1) is 0 Å². The molecule has 2 fully saturated rings. The Balaban J connectivity index is 1.11. The standard InChI is InChI=1S/C37H39Cl2N5O6/c1-42-12-11-30-29(19-42)40-34(43(30)2)35(45)41-28-9-5-8-26(33(28)39)22-6-4-7-25(14-22)37(20-49-21-37)50-32-16-31(48-3)24(15-27(32)38)18-44-13-10-23(17-44)36(46)47/h4-9,14-16,23H,10-13,17-21H2,1-3H3,(H,41,45)(H,46,47). The third-order valence-electron chi connectivity index (χ3n) is 9.92. The number of rotatable bonds is 10. The third-order valence-corrected chi connectivity index (χ3v) is 10.6. The molecule has 1 amide bonds. The molecule has 3 aromatic carbocycles. The van der Waals surface area contributed by atoms with Crippen LogP contribution in [-0.4, -0.2) is 83.3 Å². The minimum atomic E-state index is -0.806. The largest absolute Gasteiger partial charge is 0.496 e. The summed E-state index contributed by atoms with van der Waals surface area (Å²) in [6.07, 6.45) is 1.45. The van der Waals surface area contributed by atoms with E-state index in [1.807, 2.05) is 61.1 Å². The van der Waals surface area contributed by atoms with Gasteiger partial charge in [0.2, 0.25) is 0 Å². The van der Waals surface area contributed by atoms with Crippen LogP contribution < -0.4 is 14.8 Å². The monoisotopic (exact) mass is 719 g/mol. The number of nitrogens with zero attached hydrogens (tertiary/aromatic N) is 4. The lowest BCUT2D eigenvalue weighted by molar-refractivity contribution is -0.167. The number of hydrogen-bond donors (Lipinski definition) is 2. The molecule has 2 N–H and O–H groups in total. The normalized spacial score (nSPS) is 18.7. The van der Waals surface area contributed by atoms with Gasteiger partial charge in [-0.25, -0.2) is 4.98 Å². The van der Waals surface area contributed by atoms with Crippen molar-refractivity contribution < 1.29 is 28.9 Å². The van der Waals surface area contributed by atoms with Crippen molar-refractivity contribution in [3.8, 4) is 22.6 Å². The predicted octanol–water partition coefficient (Wildman–Crippen LogP) is 5.85. The van der Waals surface area contributed by atoms with Crippen LogP contribution in [0, 0.1) is 5.92 Å². The number of halogens is 2. The van der Waals surface area contributed by atoms with E-state index < -0.39 is 11.6 Å². The summed E-state index contributed by atoms with van der Waals surface area (Å²) in [6, 6.07) is 17.1. The van der Waals surface area contributed by atoms with Crippen LogP contribution in [0.5, 0.6) is 11.5 Å². The molecule has 1 unspecified atom stereocenters. The maximum atomic E-state index is 13.4. The van der Waals surface area contributed by atoms with E-state index in [1.54, 1.807) is 19.2 Å². The average molecular weight is 721 g/mol. The zero-order valence-corrected chi connectivity index (χ0v) is 29.7. The summed E-state index contributed by atoms with van der Waals surface area (Å²) in [4.78, 5) is 33.8. The highest BCUT2D eigenvalue weighted by molar-refractivity contribution is 6.36. The number of ether oxygens (including phenoxy) is 3. The van der Waals surface area contributed by atoms with E-state index in [1.165, 1.54) is 0 Å². The van der Waals surface area contributed by atoms with E-state index in [4.69, 9.17) is 37.4 Å². The lowest BCUT2D eigenvalue weighted by atomic mass is 9.89. The molecule has 1 atom stereocenters. The molecule has 13 heteroatoms. The molecule has 3 aliphatic heterocycles. The van der Waals surface area contributed by atoms with E-state index >= 15 is 0 Å². The number of nitrogens with one attached hydrogen (secondary N) is 1. The maximum Gasteiger partial charge on any atom is 0.307 e. The van der Waals surface area contributed by atoms with Crippen LogP contribution in [-0.2, 0) is 41.7 Å². The van der Waals surface area contributed by atoms with E-state index in [2.05, 4.69) is 20.1 Å². The molecule has 4 heterocycles. The van der Waals surface area contributed by atoms with Crippen LogP contribution in [0.1, 0.15) is 39.6 Å². The first-order chi connectivity index (χ1) is 24.0. The maximum absolute atomic E-state index is 13.4. The van der Waals surface area contributed by atoms with Crippen molar-refractivity contribution in [3.05, 3.63) is 93.0 Å². The Kier molecular flexibility index (Phi) is 9.53. The number of carbonyl (C=O) groups excluding carboxylic acids is 1. The first-order valence-electron chi connectivity index (χ1n) is 16.6. The number of hydrogen-bond acceptors (Lipinski definition) is 8. The first kappa shape index (κ1) is 34.3. The van der Waals surface area contributed by atoms with Gasteiger partial charge in [-0.3, -0.25) is 14.5 Å². The zero-order valence-electron chi connectivity index (χ0n) is 28.2. The number of carboxylic acids is 1. The topological polar surface area (TPSA) is 118 Å². The molecule has 262 valence electrons. The van der Waals surface area contributed by atoms with Crippen LogP contribution in [0.4, 0.5) is 5.69 Å². The summed E-state index contributed by atoms with van der Waals surface area (Å²) in [6.45, 7) is 3.95. The number of carboxylic acid groups (broad SMARTS) is 1. The molecule has 0 radical (unpaired) electrons. The fraction of sp³-hybridized carbons (Fsp3) is 0.378. The van der Waals surface area contributed by atoms with Crippen molar-refractivity contribution in [2.75, 3.05) is 52.3 Å². The molecular weight excluding hydrogens is 681 g/mol. The number of aliphatic carboxylic acids is 1. The van der Waals surface area contributed by atoms with Crippen molar-refractivity contribution in [3.63, 3.8) is 0 Å². The second kappa shape index (κ2) is 13.9. The number of likely N-dealkylation sites (N-methyl/N-ethyl adjacent to an activating group) is 1. The smallest absolute Gasteiger partial charge is 0.307 e. The molecule has 0 spiro atoms. The minimum absolute atomic E-state index is 0.314. The average Bonchev–Trinajstić information content (AvgIpc) is 3.68. The summed E-state index contributed by atoms with van der Waals surface area (Å²) >= 11 is 13.8. The van der Waals surface area contributed by atoms with E-state index in [9.17, 15) is 14.7 Å². The van der Waals surface area contributed by atoms with Crippen molar-refractivity contribution >= 4 is 40.8 Å². The minimum Gasteiger partial charge on any atom is -0.496 e. The number of benzene rings is 3. The number of fused-ring (bicyclic) bond motifs is 1. The van der Waals surface area contributed by atoms with Crippen molar-refractivity contribution in [2.24, 2.45) is 13.0 Å². The summed E-state index contributed by atoms with van der Waals surface area (Å²) in [5.74, 6) is -0.0496. The third kappa shape index (κ3) is 6.56. The van der Waals surface area contributed by atoms with Crippen LogP contribution in [0.2, 0.25) is 10.0 Å². The number of anilines is 1. The Labute approximate surface area is 300 Å². The van der Waals surface area contributed by atoms with Crippen molar-refractivity contribution in [1.82, 2.24) is 19.4 Å². The summed E-state index contributed by atoms with van der Waals surface area (Å²) in [5.41, 5.74) is 5.01. The molecule has 0 saturated carbocycles. The fourth-order valence-electron chi connectivity index (χ4n) is 7.03. The molecular formula is C37H39Cl2N5O6. The lowest BCUT2D eigenvalue weighted by Gasteiger charge is -2.42. The lowest BCUT2D eigenvalue weighted by Crippen LogP contribution is -2.51. The molecule has 2 saturated heterocycles. The van der Waals surface area contributed by atoms with Crippen LogP contribution in [0.25, 0.3) is 11.1 Å². The SMILES string of the molecule is COc1cc(OC2(c3cccc(-c4cccc(NC(=O)c5nc6c(n5C)CCN(C)C6)c4Cl)c3)COC2)c(Cl)cc1CN1CCC(C(=O)O)C1. The highest BCUT2D eigenvalue weighted by Crippen LogP contribution is 2.43. The Morgan fingerprint density at radius 3 is 2.60 bits per heavy atom. The number of aromatic nitrogens is 2. The van der Waals surface area contributed by atoms with Crippen molar-refractivity contribution in [2.45, 2.75) is 31.5 Å². The van der Waals surface area contributed by atoms with Gasteiger partial charge < -0.3 is 34.1 Å². The quantitative estimate of drug-likeness (QED) is 0.208. The summed E-state index contributed by atoms with van der Waals surface area (Å²) < 4.78 is 19.9. The molecule has 1 aromatic heterocycles. The van der Waals surface area contributed by atoms with Gasteiger partial charge in [-0.05, 0) is 43.8 Å². The Hall–Kier alpha value is -4.13. The van der Waals surface area contributed by atoms with Crippen LogP contribution >= 0.6 is 23.2 Å². The Bertz CT molecular complexity index is 1960. The second-order valence-corrected chi connectivity index (χ2v) is 14.1. The number of amides is 1. The van der Waals surface area contributed by atoms with Gasteiger partial charge in [0.05, 0.1) is 47.7 Å². The number of carbonyl (C=O) groups is 2. The number of likely N-dealkylation sites (tertiary alicyclic amines) is 1. The van der Waals surface area contributed by atoms with Gasteiger partial charge in [0.25, 0.3) is 5.91 Å². The number of methoxy groups -OCH3 is 1. The Morgan fingerprint density at radius 2 is 1.88 bits per heavy atom. The molecule has 11 nitrogen and oxygen atoms in total. The van der Waals surface area contributed by atoms with Crippen LogP contribution in [0.15, 0.2) is 54.6 Å². The van der Waals surface area contributed by atoms with E-state index in [0.29, 0.717) is 78.9 Å². The van der Waals surface area contributed by atoms with E-state index in [0.717, 1.165) is 46.6 Å². The first-order valence-corrected chi connectivity index (χ1v) is 17.3. The highest BCUT2D eigenvalue weighted by Gasteiger charge is 2.44. The van der Waals surface area contributed by atoms with Gasteiger partial charge in [0, 0.05) is 68.1 Å². The van der Waals surface area contributed by atoms with Gasteiger partial charge in [-0.1, -0.05) is 53.5 Å². The van der Waals surface area contributed by atoms with Crippen LogP contribution in [0.3, 0.4) is 0 Å². The predicted molar refractivity (Wildman–Crippen MR) is 190 cm³/mol. The molecule has 3 aliphatic rings. The highest BCUT2D eigenvalue weighted by atomic mass is 35.5. The number of imidazole rings is 1. The molecule has 0 aliphatic carbocycles. The fourth-order valence-corrected chi connectivity index (χ4v) is 7.54. The zero-order chi connectivity index (χ0) is 35.2. The summed E-state index contributed by atoms with van der Waals surface area (Å²) in [5, 5.41) is 13.2. The Morgan fingerprint density at radius 1 is 1.08 bits per heavy atom. The van der Waals surface area contributed by atoms with Gasteiger partial charge >= 0.3 is 5.97 Å². The molecule has 4 aromatic rings. The van der Waals surface area contributed by atoms with Gasteiger partial charge in [-0.2, -0.15) is 0 Å². The van der Waals surface area contributed by atoms with Crippen molar-refractivity contribution in [1.29, 1.82) is 0 Å². The van der Waals surface area contributed by atoms with E-state index in [-0.39, 0.29) is 11.8 Å². The molecule has 7 rings (SSSR count). The van der Waals surface area contributed by atoms with Gasteiger partial charge in [0.1, 0.15) is 11.5 Å². The molecule has 50 heavy (non-hydrogen) atoms.